The second-order valence-electron chi connectivity index (χ2n) is 8.69. The molecule has 0 radical (unpaired) electrons. The van der Waals surface area contributed by atoms with Crippen molar-refractivity contribution in [3.63, 3.8) is 0 Å². The molecule has 35 heavy (non-hydrogen) atoms. The fourth-order valence-corrected chi connectivity index (χ4v) is 5.47. The summed E-state index contributed by atoms with van der Waals surface area (Å²) in [4.78, 5) is 25.1. The van der Waals surface area contributed by atoms with E-state index < -0.39 is 0 Å². The van der Waals surface area contributed by atoms with Gasteiger partial charge in [0.25, 0.3) is 0 Å². The van der Waals surface area contributed by atoms with Crippen LogP contribution in [0.4, 0.5) is 22.9 Å². The second-order valence-corrected chi connectivity index (χ2v) is 9.77. The number of hydrogen-bond donors (Lipinski definition) is 2. The fraction of sp³-hybridized carbons (Fsp3) is 0.308. The third kappa shape index (κ3) is 5.66. The Labute approximate surface area is 216 Å². The molecule has 7 nitrogen and oxygen atoms in total. The molecule has 3 aromatic rings. The van der Waals surface area contributed by atoms with Gasteiger partial charge in [0.05, 0.1) is 51.1 Å². The van der Waals surface area contributed by atoms with Crippen LogP contribution in [0.3, 0.4) is 0 Å². The van der Waals surface area contributed by atoms with E-state index in [-0.39, 0.29) is 18.3 Å². The zero-order valence-corrected chi connectivity index (χ0v) is 21.5. The molecule has 0 saturated carbocycles. The van der Waals surface area contributed by atoms with Gasteiger partial charge in [-0.15, -0.1) is 0 Å². The molecule has 0 bridgehead atoms. The minimum Gasteiger partial charge on any atom is -1.00 e. The molecule has 184 valence electrons. The van der Waals surface area contributed by atoms with Gasteiger partial charge in [0.15, 0.2) is 0 Å². The minimum absolute atomic E-state index is 0. The highest BCUT2D eigenvalue weighted by atomic mass is 35.5. The number of carbonyl (C=O) groups excluding carboxylic acids is 1. The van der Waals surface area contributed by atoms with Crippen LogP contribution in [0, 0.1) is 0 Å². The molecule has 2 N–H and O–H groups in total. The smallest absolute Gasteiger partial charge is 0.239 e. The van der Waals surface area contributed by atoms with E-state index in [1.807, 2.05) is 12.1 Å². The van der Waals surface area contributed by atoms with Crippen molar-refractivity contribution in [3.8, 4) is 5.88 Å². The van der Waals surface area contributed by atoms with Gasteiger partial charge in [-0.25, -0.2) is 0 Å². The fourth-order valence-electron chi connectivity index (χ4n) is 4.37. The van der Waals surface area contributed by atoms with E-state index in [1.165, 1.54) is 33.0 Å². The summed E-state index contributed by atoms with van der Waals surface area (Å²) < 4.78 is 6.22. The zero-order valence-electron chi connectivity index (χ0n) is 20.0. The van der Waals surface area contributed by atoms with Gasteiger partial charge in [0, 0.05) is 16.7 Å². The number of pyridine rings is 1. The predicted octanol–water partition coefficient (Wildman–Crippen LogP) is 0.0604. The Morgan fingerprint density at radius 2 is 1.66 bits per heavy atom. The van der Waals surface area contributed by atoms with Gasteiger partial charge in [0.2, 0.25) is 11.8 Å². The molecule has 5 rings (SSSR count). The lowest BCUT2D eigenvalue weighted by atomic mass is 10.2. The van der Waals surface area contributed by atoms with Gasteiger partial charge < -0.3 is 37.2 Å². The van der Waals surface area contributed by atoms with Crippen molar-refractivity contribution in [3.05, 3.63) is 60.7 Å². The lowest BCUT2D eigenvalue weighted by Gasteiger charge is -2.33. The zero-order chi connectivity index (χ0) is 23.5. The number of nitrogens with one attached hydrogen (secondary N) is 2. The first-order valence-corrected chi connectivity index (χ1v) is 12.5. The first kappa shape index (κ1) is 25.2. The molecule has 1 amide bonds. The molecule has 0 unspecified atom stereocenters. The summed E-state index contributed by atoms with van der Waals surface area (Å²) >= 11 is 1.79. The molecule has 1 fully saturated rings. The number of fused-ring (bicyclic) bond motifs is 2. The lowest BCUT2D eigenvalue weighted by molar-refractivity contribution is -0.880. The molecule has 0 atom stereocenters. The summed E-state index contributed by atoms with van der Waals surface area (Å²) in [6.07, 6.45) is 0. The summed E-state index contributed by atoms with van der Waals surface area (Å²) in [6.45, 7) is 6.67. The van der Waals surface area contributed by atoms with Crippen LogP contribution in [0.5, 0.6) is 5.88 Å². The monoisotopic (exact) mass is 511 g/mol. The van der Waals surface area contributed by atoms with Crippen LogP contribution in [0.15, 0.2) is 70.5 Å². The normalized spacial score (nSPS) is 15.0. The van der Waals surface area contributed by atoms with Crippen molar-refractivity contribution in [1.29, 1.82) is 0 Å². The summed E-state index contributed by atoms with van der Waals surface area (Å²) in [6, 6.07) is 20.7. The van der Waals surface area contributed by atoms with Crippen LogP contribution in [0.1, 0.15) is 6.92 Å². The van der Waals surface area contributed by atoms with Crippen LogP contribution in [0.25, 0.3) is 0 Å². The van der Waals surface area contributed by atoms with E-state index in [0.29, 0.717) is 24.7 Å². The van der Waals surface area contributed by atoms with E-state index in [2.05, 4.69) is 70.7 Å². The Kier molecular flexibility index (Phi) is 8.05. The topological polar surface area (TPSA) is 62.1 Å². The molecule has 1 saturated heterocycles. The van der Waals surface area contributed by atoms with E-state index in [1.54, 1.807) is 11.8 Å². The highest BCUT2D eigenvalue weighted by Crippen LogP contribution is 2.47. The number of para-hydroxylation sites is 2. The third-order valence-electron chi connectivity index (χ3n) is 6.18. The van der Waals surface area contributed by atoms with E-state index >= 15 is 0 Å². The summed E-state index contributed by atoms with van der Waals surface area (Å²) in [5.41, 5.74) is 2.96. The number of likely N-dealkylation sites (N-methyl/N-ethyl adjacent to an activating group) is 1. The molecule has 2 aliphatic rings. The summed E-state index contributed by atoms with van der Waals surface area (Å²) in [7, 11) is 2.22. The van der Waals surface area contributed by atoms with Gasteiger partial charge in [-0.1, -0.05) is 36.0 Å². The molecule has 9 heteroatoms. The number of aromatic nitrogens is 1. The number of hydrogen-bond acceptors (Lipinski definition) is 6. The van der Waals surface area contributed by atoms with Gasteiger partial charge >= 0.3 is 0 Å². The molecule has 1 aromatic heterocycles. The number of benzene rings is 2. The summed E-state index contributed by atoms with van der Waals surface area (Å²) in [5, 5.41) is 2.86. The lowest BCUT2D eigenvalue weighted by Crippen LogP contribution is -3.12. The highest BCUT2D eigenvalue weighted by molar-refractivity contribution is 7.99. The van der Waals surface area contributed by atoms with Gasteiger partial charge in [-0.2, -0.15) is 4.98 Å². The van der Waals surface area contributed by atoms with E-state index in [0.717, 1.165) is 32.0 Å². The average molecular weight is 512 g/mol. The standard InChI is InChI=1S/C26H29N5O2S.ClH/c1-19(32)27-20-11-12-25(30-15-13-29(2)14-16-30)28-26(20)33-18-17-31-21-7-3-5-9-23(21)34-24-10-6-4-8-22(24)31;/h3-12H,13-18H2,1-2H3,(H,27,32);1H. The molecule has 0 spiro atoms. The van der Waals surface area contributed by atoms with Crippen molar-refractivity contribution >= 4 is 40.5 Å². The Bertz CT molecular complexity index is 1140. The van der Waals surface area contributed by atoms with Gasteiger partial charge in [-0.05, 0) is 36.4 Å². The Morgan fingerprint density at radius 1 is 1.03 bits per heavy atom. The number of nitrogens with zero attached hydrogens (tertiary/aromatic N) is 3. The Hall–Kier alpha value is -2.94. The number of carbonyl (C=O) groups is 1. The average Bonchev–Trinajstić information content (AvgIpc) is 2.84. The van der Waals surface area contributed by atoms with Crippen molar-refractivity contribution in [2.75, 3.05) is 61.5 Å². The number of anilines is 4. The van der Waals surface area contributed by atoms with Crippen LogP contribution in [-0.2, 0) is 4.79 Å². The Balaban J connectivity index is 0.00000289. The maximum Gasteiger partial charge on any atom is 0.239 e. The van der Waals surface area contributed by atoms with Crippen molar-refractivity contribution < 1.29 is 26.8 Å². The van der Waals surface area contributed by atoms with Crippen LogP contribution in [-0.4, -0.2) is 57.3 Å². The van der Waals surface area contributed by atoms with Gasteiger partial charge in [-0.3, -0.25) is 4.79 Å². The van der Waals surface area contributed by atoms with Crippen molar-refractivity contribution in [2.24, 2.45) is 0 Å². The first-order valence-electron chi connectivity index (χ1n) is 11.7. The van der Waals surface area contributed by atoms with Crippen LogP contribution >= 0.6 is 11.8 Å². The molecular weight excluding hydrogens is 482 g/mol. The van der Waals surface area contributed by atoms with Gasteiger partial charge in [0.1, 0.15) is 18.1 Å². The third-order valence-corrected chi connectivity index (χ3v) is 7.31. The predicted molar refractivity (Wildman–Crippen MR) is 137 cm³/mol. The number of ether oxygens (including phenoxy) is 1. The number of quaternary nitrogens is 1. The van der Waals surface area contributed by atoms with Crippen LogP contribution < -0.4 is 37.2 Å². The van der Waals surface area contributed by atoms with Crippen molar-refractivity contribution in [2.45, 2.75) is 16.7 Å². The molecule has 2 aliphatic heterocycles. The number of halogens is 1. The Morgan fingerprint density at radius 3 is 2.29 bits per heavy atom. The molecular formula is C26H30ClN5O2S. The number of rotatable bonds is 6. The SMILES string of the molecule is CC(=O)Nc1ccc(N2CC[NH+](C)CC2)nc1OCCN1c2ccccc2Sc2ccccc21.[Cl-]. The number of piperazine rings is 1. The van der Waals surface area contributed by atoms with E-state index in [9.17, 15) is 4.79 Å². The highest BCUT2D eigenvalue weighted by Gasteiger charge is 2.23. The van der Waals surface area contributed by atoms with Crippen molar-refractivity contribution in [1.82, 2.24) is 4.98 Å². The molecule has 3 heterocycles. The molecule has 0 aliphatic carbocycles. The van der Waals surface area contributed by atoms with E-state index in [4.69, 9.17) is 9.72 Å². The summed E-state index contributed by atoms with van der Waals surface area (Å²) in [5.74, 6) is 1.21. The second kappa shape index (κ2) is 11.2. The molecule has 2 aromatic carbocycles. The first-order chi connectivity index (χ1) is 16.6. The largest absolute Gasteiger partial charge is 1.00 e. The van der Waals surface area contributed by atoms with Crippen LogP contribution in [0.2, 0.25) is 0 Å². The minimum atomic E-state index is -0.140. The number of amides is 1. The maximum atomic E-state index is 11.8. The quantitative estimate of drug-likeness (QED) is 0.488. The maximum absolute atomic E-state index is 11.8.